The molecule has 4 heterocycles. The Morgan fingerprint density at radius 3 is 2.91 bits per heavy atom. The lowest BCUT2D eigenvalue weighted by Gasteiger charge is -2.31. The summed E-state index contributed by atoms with van der Waals surface area (Å²) in [7, 11) is 0. The molecular formula is C15H15N5O3. The molecule has 0 bridgehead atoms. The Morgan fingerprint density at radius 2 is 2.17 bits per heavy atom. The van der Waals surface area contributed by atoms with E-state index in [0.29, 0.717) is 18.7 Å². The highest BCUT2D eigenvalue weighted by molar-refractivity contribution is 5.91. The van der Waals surface area contributed by atoms with Gasteiger partial charge >= 0.3 is 0 Å². The molecule has 8 nitrogen and oxygen atoms in total. The van der Waals surface area contributed by atoms with Crippen LogP contribution in [0.2, 0.25) is 0 Å². The van der Waals surface area contributed by atoms with Crippen LogP contribution in [0.1, 0.15) is 35.0 Å². The zero-order valence-electron chi connectivity index (χ0n) is 12.3. The number of H-pyrrole nitrogens is 1. The molecule has 0 radical (unpaired) electrons. The first kappa shape index (κ1) is 13.7. The molecule has 118 valence electrons. The molecule has 3 aromatic heterocycles. The number of aromatic nitrogens is 4. The van der Waals surface area contributed by atoms with Crippen molar-refractivity contribution in [2.45, 2.75) is 18.8 Å². The number of rotatable bonds is 2. The van der Waals surface area contributed by atoms with Crippen molar-refractivity contribution in [1.29, 1.82) is 0 Å². The van der Waals surface area contributed by atoms with Crippen molar-refractivity contribution >= 4 is 11.6 Å². The normalized spacial score (nSPS) is 16.1. The quantitative estimate of drug-likeness (QED) is 0.762. The fourth-order valence-electron chi connectivity index (χ4n) is 3.01. The number of carbonyl (C=O) groups is 1. The summed E-state index contributed by atoms with van der Waals surface area (Å²) >= 11 is 0. The molecule has 0 aromatic carbocycles. The van der Waals surface area contributed by atoms with Crippen molar-refractivity contribution in [3.8, 4) is 0 Å². The first-order valence-electron chi connectivity index (χ1n) is 7.47. The molecule has 1 aliphatic heterocycles. The maximum absolute atomic E-state index is 12.2. The third-order valence-electron chi connectivity index (χ3n) is 4.24. The zero-order valence-corrected chi connectivity index (χ0v) is 12.3. The van der Waals surface area contributed by atoms with E-state index < -0.39 is 0 Å². The monoisotopic (exact) mass is 313 g/mol. The summed E-state index contributed by atoms with van der Waals surface area (Å²) in [6.45, 7) is 1.22. The highest BCUT2D eigenvalue weighted by atomic mass is 16.3. The van der Waals surface area contributed by atoms with Crippen LogP contribution in [0.3, 0.4) is 0 Å². The second-order valence-electron chi connectivity index (χ2n) is 5.61. The minimum Gasteiger partial charge on any atom is -0.438 e. The van der Waals surface area contributed by atoms with Gasteiger partial charge in [-0.15, -0.1) is 0 Å². The van der Waals surface area contributed by atoms with E-state index in [4.69, 9.17) is 4.42 Å². The molecule has 1 amide bonds. The second-order valence-corrected chi connectivity index (χ2v) is 5.61. The summed E-state index contributed by atoms with van der Waals surface area (Å²) in [4.78, 5) is 34.3. The van der Waals surface area contributed by atoms with Crippen LogP contribution in [-0.2, 0) is 0 Å². The summed E-state index contributed by atoms with van der Waals surface area (Å²) in [5, 5.41) is 2.83. The van der Waals surface area contributed by atoms with Gasteiger partial charge in [-0.3, -0.25) is 14.7 Å². The zero-order chi connectivity index (χ0) is 15.8. The Balaban J connectivity index is 1.50. The minimum absolute atomic E-state index is 0.116. The van der Waals surface area contributed by atoms with Crippen molar-refractivity contribution in [2.24, 2.45) is 0 Å². The predicted octanol–water partition coefficient (Wildman–Crippen LogP) is 1.03. The molecule has 0 saturated carbocycles. The third-order valence-corrected chi connectivity index (χ3v) is 4.24. The lowest BCUT2D eigenvalue weighted by Crippen LogP contribution is -2.38. The molecule has 1 saturated heterocycles. The van der Waals surface area contributed by atoms with E-state index in [2.05, 4.69) is 15.1 Å². The van der Waals surface area contributed by atoms with E-state index >= 15 is 0 Å². The molecule has 0 unspecified atom stereocenters. The Kier molecular flexibility index (Phi) is 3.22. The Hall–Kier alpha value is -2.90. The van der Waals surface area contributed by atoms with Crippen molar-refractivity contribution in [1.82, 2.24) is 24.5 Å². The van der Waals surface area contributed by atoms with Gasteiger partial charge in [0.05, 0.1) is 11.9 Å². The summed E-state index contributed by atoms with van der Waals surface area (Å²) in [5.41, 5.74) is 1.30. The van der Waals surface area contributed by atoms with Crippen LogP contribution in [0, 0.1) is 0 Å². The molecular weight excluding hydrogens is 298 g/mol. The maximum atomic E-state index is 12.2. The number of piperidine rings is 1. The average molecular weight is 313 g/mol. The molecule has 8 heteroatoms. The molecule has 4 rings (SSSR count). The van der Waals surface area contributed by atoms with Crippen LogP contribution in [0.5, 0.6) is 0 Å². The van der Waals surface area contributed by atoms with Crippen LogP contribution in [0.25, 0.3) is 5.65 Å². The largest absolute Gasteiger partial charge is 0.438 e. The number of oxazole rings is 1. The average Bonchev–Trinajstić information content (AvgIpc) is 3.26. The fourth-order valence-corrected chi connectivity index (χ4v) is 3.01. The second kappa shape index (κ2) is 5.38. The molecule has 0 spiro atoms. The lowest BCUT2D eigenvalue weighted by molar-refractivity contribution is 0.0680. The van der Waals surface area contributed by atoms with Crippen molar-refractivity contribution in [3.05, 3.63) is 52.7 Å². The SMILES string of the molecule is O=C(c1cnco1)N1CCC(c2cc(=O)n3[nH]ccc3n2)CC1. The van der Waals surface area contributed by atoms with Gasteiger partial charge in [0.1, 0.15) is 0 Å². The number of nitrogens with zero attached hydrogens (tertiary/aromatic N) is 4. The summed E-state index contributed by atoms with van der Waals surface area (Å²) in [5.74, 6) is 0.296. The van der Waals surface area contributed by atoms with Gasteiger partial charge in [0.25, 0.3) is 11.5 Å². The van der Waals surface area contributed by atoms with Crippen LogP contribution in [0.15, 0.2) is 40.1 Å². The van der Waals surface area contributed by atoms with E-state index in [9.17, 15) is 9.59 Å². The number of amides is 1. The predicted molar refractivity (Wildman–Crippen MR) is 80.2 cm³/mol. The van der Waals surface area contributed by atoms with Gasteiger partial charge in [-0.05, 0) is 12.8 Å². The van der Waals surface area contributed by atoms with Crippen molar-refractivity contribution < 1.29 is 9.21 Å². The first-order valence-corrected chi connectivity index (χ1v) is 7.47. The number of hydrogen-bond donors (Lipinski definition) is 1. The number of aromatic amines is 1. The lowest BCUT2D eigenvalue weighted by atomic mass is 9.93. The summed E-state index contributed by atoms with van der Waals surface area (Å²) in [6, 6.07) is 3.34. The highest BCUT2D eigenvalue weighted by Gasteiger charge is 2.27. The number of likely N-dealkylation sites (tertiary alicyclic amines) is 1. The van der Waals surface area contributed by atoms with E-state index in [1.165, 1.54) is 17.1 Å². The first-order chi connectivity index (χ1) is 11.2. The Labute approximate surface area is 130 Å². The molecule has 1 fully saturated rings. The Bertz CT molecular complexity index is 887. The fraction of sp³-hybridized carbons (Fsp3) is 0.333. The smallest absolute Gasteiger partial charge is 0.291 e. The van der Waals surface area contributed by atoms with Gasteiger partial charge in [-0.2, -0.15) is 0 Å². The highest BCUT2D eigenvalue weighted by Crippen LogP contribution is 2.27. The third kappa shape index (κ3) is 2.41. The van der Waals surface area contributed by atoms with Crippen LogP contribution < -0.4 is 5.56 Å². The van der Waals surface area contributed by atoms with Gasteiger partial charge in [-0.1, -0.05) is 0 Å². The van der Waals surface area contributed by atoms with E-state index in [0.717, 1.165) is 18.5 Å². The molecule has 1 aliphatic rings. The summed E-state index contributed by atoms with van der Waals surface area (Å²) < 4.78 is 6.46. The van der Waals surface area contributed by atoms with Crippen LogP contribution >= 0.6 is 0 Å². The topological polar surface area (TPSA) is 96.5 Å². The van der Waals surface area contributed by atoms with Crippen molar-refractivity contribution in [3.63, 3.8) is 0 Å². The minimum atomic E-state index is -0.143. The van der Waals surface area contributed by atoms with Gasteiger partial charge in [0.15, 0.2) is 12.0 Å². The van der Waals surface area contributed by atoms with Gasteiger partial charge < -0.3 is 9.32 Å². The molecule has 0 atom stereocenters. The number of carbonyl (C=O) groups excluding carboxylic acids is 1. The van der Waals surface area contributed by atoms with Crippen LogP contribution in [0.4, 0.5) is 0 Å². The molecule has 3 aromatic rings. The van der Waals surface area contributed by atoms with Crippen LogP contribution in [-0.4, -0.2) is 43.5 Å². The number of nitrogens with one attached hydrogen (secondary N) is 1. The molecule has 23 heavy (non-hydrogen) atoms. The van der Waals surface area contributed by atoms with Gasteiger partial charge in [0.2, 0.25) is 5.76 Å². The van der Waals surface area contributed by atoms with E-state index in [1.54, 1.807) is 23.2 Å². The van der Waals surface area contributed by atoms with E-state index in [-0.39, 0.29) is 23.1 Å². The molecule has 0 aliphatic carbocycles. The van der Waals surface area contributed by atoms with Crippen molar-refractivity contribution in [2.75, 3.05) is 13.1 Å². The number of fused-ring (bicyclic) bond motifs is 1. The number of hydrogen-bond acceptors (Lipinski definition) is 5. The van der Waals surface area contributed by atoms with E-state index in [1.807, 2.05) is 0 Å². The van der Waals surface area contributed by atoms with Gasteiger partial charge in [-0.25, -0.2) is 14.5 Å². The Morgan fingerprint density at radius 1 is 1.35 bits per heavy atom. The summed E-state index contributed by atoms with van der Waals surface area (Å²) in [6.07, 6.45) is 5.91. The maximum Gasteiger partial charge on any atom is 0.291 e. The standard InChI is InChI=1S/C15H15N5O3/c21-14-7-11(18-13-1-4-17-20(13)14)10-2-5-19(6-3-10)15(22)12-8-16-9-23-12/h1,4,7-10,17H,2-3,5-6H2. The van der Waals surface area contributed by atoms with Gasteiger partial charge in [0, 0.05) is 37.3 Å². The molecule has 1 N–H and O–H groups in total.